The summed E-state index contributed by atoms with van der Waals surface area (Å²) in [7, 11) is -2.64. The van der Waals surface area contributed by atoms with Crippen molar-refractivity contribution in [2.24, 2.45) is 0 Å². The summed E-state index contributed by atoms with van der Waals surface area (Å²) in [5.74, 6) is 0.473. The van der Waals surface area contributed by atoms with Crippen LogP contribution in [0.2, 0.25) is 0 Å². The molecule has 1 aliphatic rings. The van der Waals surface area contributed by atoms with Gasteiger partial charge in [-0.3, -0.25) is 4.98 Å². The Balaban J connectivity index is 1.94. The summed E-state index contributed by atoms with van der Waals surface area (Å²) < 4.78 is 78.1. The van der Waals surface area contributed by atoms with E-state index in [0.717, 1.165) is 12.3 Å². The molecule has 1 aromatic heterocycles. The number of benzene rings is 1. The minimum atomic E-state index is -4.61. The Morgan fingerprint density at radius 2 is 1.81 bits per heavy atom. The molecule has 36 heavy (non-hydrogen) atoms. The van der Waals surface area contributed by atoms with Crippen LogP contribution in [0.3, 0.4) is 0 Å². The average Bonchev–Trinajstić information content (AvgIpc) is 2.81. The van der Waals surface area contributed by atoms with Crippen LogP contribution < -0.4 is 4.74 Å². The number of alkyl halides is 3. The molecule has 1 saturated heterocycles. The van der Waals surface area contributed by atoms with Gasteiger partial charge in [-0.1, -0.05) is 6.07 Å². The zero-order valence-corrected chi connectivity index (χ0v) is 21.4. The van der Waals surface area contributed by atoms with E-state index in [2.05, 4.69) is 4.98 Å². The van der Waals surface area contributed by atoms with Gasteiger partial charge in [0.1, 0.15) is 17.0 Å². The fraction of sp³-hybridized carbons (Fsp3) is 0.500. The van der Waals surface area contributed by atoms with E-state index in [-0.39, 0.29) is 23.5 Å². The number of rotatable bonds is 6. The normalized spacial score (nSPS) is 17.2. The molecule has 0 aliphatic carbocycles. The average molecular weight is 530 g/mol. The molecule has 2 heterocycles. The van der Waals surface area contributed by atoms with E-state index in [4.69, 9.17) is 9.47 Å². The van der Waals surface area contributed by atoms with Crippen LogP contribution in [0, 0.1) is 0 Å². The van der Waals surface area contributed by atoms with Gasteiger partial charge >= 0.3 is 12.3 Å². The van der Waals surface area contributed by atoms with Crippen molar-refractivity contribution < 1.29 is 35.9 Å². The van der Waals surface area contributed by atoms with Gasteiger partial charge in [0.25, 0.3) is 0 Å². The summed E-state index contributed by atoms with van der Waals surface area (Å²) in [6.45, 7) is 5.49. The molecule has 1 amide bonds. The van der Waals surface area contributed by atoms with Gasteiger partial charge in [0.05, 0.1) is 12.0 Å². The van der Waals surface area contributed by atoms with Gasteiger partial charge in [0.15, 0.2) is 0 Å². The molecular formula is C24H30F3N3O5S. The highest BCUT2D eigenvalue weighted by Gasteiger charge is 2.37. The third-order valence-corrected chi connectivity index (χ3v) is 7.49. The predicted molar refractivity (Wildman–Crippen MR) is 126 cm³/mol. The number of amides is 1. The number of pyridine rings is 1. The smallest absolute Gasteiger partial charge is 0.433 e. The quantitative estimate of drug-likeness (QED) is 0.539. The highest BCUT2D eigenvalue weighted by molar-refractivity contribution is 7.89. The molecule has 1 aliphatic heterocycles. The minimum absolute atomic E-state index is 0.00226. The molecule has 0 radical (unpaired) electrons. The van der Waals surface area contributed by atoms with E-state index in [9.17, 15) is 26.4 Å². The van der Waals surface area contributed by atoms with Crippen LogP contribution in [0.25, 0.3) is 0 Å². The Morgan fingerprint density at radius 1 is 1.14 bits per heavy atom. The summed E-state index contributed by atoms with van der Waals surface area (Å²) in [5.41, 5.74) is -1.50. The molecule has 0 N–H and O–H groups in total. The number of likely N-dealkylation sites (tertiary alicyclic amines) is 1. The van der Waals surface area contributed by atoms with Crippen molar-refractivity contribution >= 4 is 16.1 Å². The largest absolute Gasteiger partial charge is 0.497 e. The van der Waals surface area contributed by atoms with Crippen LogP contribution in [0.1, 0.15) is 44.9 Å². The molecule has 1 aromatic carbocycles. The number of sulfonamides is 1. The summed E-state index contributed by atoms with van der Waals surface area (Å²) in [5, 5.41) is 0. The van der Waals surface area contributed by atoms with Crippen LogP contribution in [0.15, 0.2) is 47.5 Å². The lowest BCUT2D eigenvalue weighted by atomic mass is 10.1. The molecule has 2 aromatic rings. The number of halogens is 3. The molecule has 3 rings (SSSR count). The van der Waals surface area contributed by atoms with Crippen molar-refractivity contribution in [2.75, 3.05) is 20.2 Å². The Morgan fingerprint density at radius 3 is 2.33 bits per heavy atom. The van der Waals surface area contributed by atoms with Crippen molar-refractivity contribution in [1.29, 1.82) is 0 Å². The number of nitrogens with zero attached hydrogens (tertiary/aromatic N) is 3. The molecule has 1 atom stereocenters. The first kappa shape index (κ1) is 27.7. The SMILES string of the molecule is COc1ccc(S(=O)(=O)N(Cc2ccc(C(F)(F)F)nc2)C2CCCN(C(=O)OC(C)(C)C)C2)cc1. The molecule has 8 nitrogen and oxygen atoms in total. The van der Waals surface area contributed by atoms with E-state index < -0.39 is 39.6 Å². The van der Waals surface area contributed by atoms with E-state index in [1.165, 1.54) is 46.6 Å². The van der Waals surface area contributed by atoms with E-state index in [1.54, 1.807) is 20.8 Å². The van der Waals surface area contributed by atoms with Gasteiger partial charge in [-0.05, 0) is 69.5 Å². The molecular weight excluding hydrogens is 499 g/mol. The first-order chi connectivity index (χ1) is 16.7. The lowest BCUT2D eigenvalue weighted by molar-refractivity contribution is -0.141. The highest BCUT2D eigenvalue weighted by atomic mass is 32.2. The predicted octanol–water partition coefficient (Wildman–Crippen LogP) is 4.70. The fourth-order valence-electron chi connectivity index (χ4n) is 3.84. The van der Waals surface area contributed by atoms with Crippen LogP contribution in [-0.2, 0) is 27.5 Å². The summed E-state index contributed by atoms with van der Waals surface area (Å²) in [4.78, 5) is 17.6. The summed E-state index contributed by atoms with van der Waals surface area (Å²) in [6.07, 6.45) is -3.14. The molecule has 1 unspecified atom stereocenters. The maximum absolute atomic E-state index is 13.7. The van der Waals surface area contributed by atoms with E-state index >= 15 is 0 Å². The second kappa shape index (κ2) is 10.6. The van der Waals surface area contributed by atoms with Crippen molar-refractivity contribution in [3.63, 3.8) is 0 Å². The molecule has 0 saturated carbocycles. The summed E-state index contributed by atoms with van der Waals surface area (Å²) in [6, 6.07) is 7.24. The molecule has 198 valence electrons. The molecule has 0 bridgehead atoms. The number of methoxy groups -OCH3 is 1. The number of hydrogen-bond acceptors (Lipinski definition) is 6. The van der Waals surface area contributed by atoms with Crippen LogP contribution >= 0.6 is 0 Å². The van der Waals surface area contributed by atoms with Crippen molar-refractivity contribution in [3.8, 4) is 5.75 Å². The lowest BCUT2D eigenvalue weighted by Crippen LogP contribution is -2.52. The number of carbonyl (C=O) groups is 1. The zero-order chi connectivity index (χ0) is 26.7. The van der Waals surface area contributed by atoms with Gasteiger partial charge in [-0.2, -0.15) is 17.5 Å². The van der Waals surface area contributed by atoms with Crippen molar-refractivity contribution in [3.05, 3.63) is 53.9 Å². The Hall–Kier alpha value is -2.86. The number of hydrogen-bond donors (Lipinski definition) is 0. The van der Waals surface area contributed by atoms with E-state index in [1.807, 2.05) is 0 Å². The maximum atomic E-state index is 13.7. The van der Waals surface area contributed by atoms with Gasteiger partial charge in [0, 0.05) is 31.9 Å². The molecule has 12 heteroatoms. The topological polar surface area (TPSA) is 89.0 Å². The number of piperidine rings is 1. The zero-order valence-electron chi connectivity index (χ0n) is 20.6. The fourth-order valence-corrected chi connectivity index (χ4v) is 5.48. The number of aromatic nitrogens is 1. The Kier molecular flexibility index (Phi) is 8.19. The molecule has 0 spiro atoms. The van der Waals surface area contributed by atoms with Crippen molar-refractivity contribution in [1.82, 2.24) is 14.2 Å². The maximum Gasteiger partial charge on any atom is 0.433 e. The van der Waals surface area contributed by atoms with E-state index in [0.29, 0.717) is 25.1 Å². The third kappa shape index (κ3) is 6.88. The van der Waals surface area contributed by atoms with Gasteiger partial charge in [0.2, 0.25) is 10.0 Å². The highest BCUT2D eigenvalue weighted by Crippen LogP contribution is 2.30. The van der Waals surface area contributed by atoms with Gasteiger partial charge in [-0.15, -0.1) is 0 Å². The first-order valence-electron chi connectivity index (χ1n) is 11.4. The second-order valence-electron chi connectivity index (χ2n) is 9.50. The number of ether oxygens (including phenoxy) is 2. The lowest BCUT2D eigenvalue weighted by Gasteiger charge is -2.39. The van der Waals surface area contributed by atoms with Crippen LogP contribution in [0.5, 0.6) is 5.75 Å². The monoisotopic (exact) mass is 529 g/mol. The Bertz CT molecular complexity index is 1150. The van der Waals surface area contributed by atoms with Crippen molar-refractivity contribution in [2.45, 2.75) is 62.9 Å². The molecule has 1 fully saturated rings. The Labute approximate surface area is 209 Å². The first-order valence-corrected chi connectivity index (χ1v) is 12.8. The standard InChI is InChI=1S/C24H30F3N3O5S/c1-23(2,3)35-22(31)29-13-5-6-18(16-29)30(15-17-7-12-21(28-14-17)24(25,26)27)36(32,33)20-10-8-19(34-4)9-11-20/h7-12,14,18H,5-6,13,15-16H2,1-4H3. The second-order valence-corrected chi connectivity index (χ2v) is 11.4. The van der Waals surface area contributed by atoms with Crippen LogP contribution in [-0.4, -0.2) is 60.5 Å². The number of carbonyl (C=O) groups excluding carboxylic acids is 1. The van der Waals surface area contributed by atoms with Crippen LogP contribution in [0.4, 0.5) is 18.0 Å². The summed E-state index contributed by atoms with van der Waals surface area (Å²) >= 11 is 0. The minimum Gasteiger partial charge on any atom is -0.497 e. The van der Waals surface area contributed by atoms with Gasteiger partial charge in [-0.25, -0.2) is 13.2 Å². The third-order valence-electron chi connectivity index (χ3n) is 5.58. The van der Waals surface area contributed by atoms with Gasteiger partial charge < -0.3 is 14.4 Å².